The minimum atomic E-state index is -4.30. The van der Waals surface area contributed by atoms with Gasteiger partial charge in [-0.25, -0.2) is 0 Å². The quantitative estimate of drug-likeness (QED) is 0.525. The van der Waals surface area contributed by atoms with Gasteiger partial charge in [-0.15, -0.1) is 0 Å². The number of benzene rings is 2. The minimum absolute atomic E-state index is 0.236. The van der Waals surface area contributed by atoms with E-state index in [2.05, 4.69) is 20.4 Å². The molecule has 2 aliphatic rings. The molecule has 5 rings (SSSR count). The van der Waals surface area contributed by atoms with Gasteiger partial charge in [-0.3, -0.25) is 14.7 Å². The third-order valence-corrected chi connectivity index (χ3v) is 4.58. The Morgan fingerprint density at radius 3 is 2.69 bits per heavy atom. The molecule has 0 radical (unpaired) electrons. The molecule has 0 unspecified atom stereocenters. The molecule has 6 nitrogen and oxygen atoms in total. The van der Waals surface area contributed by atoms with E-state index in [4.69, 9.17) is 31.5 Å². The first-order valence-corrected chi connectivity index (χ1v) is 9.25. The van der Waals surface area contributed by atoms with E-state index in [0.717, 1.165) is 6.20 Å². The van der Waals surface area contributed by atoms with Crippen LogP contribution >= 0.6 is 0 Å². The van der Waals surface area contributed by atoms with E-state index in [9.17, 15) is 4.79 Å². The normalized spacial score (nSPS) is 33.1. The lowest BCUT2D eigenvalue weighted by atomic mass is 9.96. The van der Waals surface area contributed by atoms with E-state index in [-0.39, 0.29) is 5.69 Å². The molecule has 1 spiro atoms. The van der Waals surface area contributed by atoms with Crippen molar-refractivity contribution >= 4 is 11.7 Å². The van der Waals surface area contributed by atoms with Crippen LogP contribution in [0.3, 0.4) is 0 Å². The molecule has 32 heavy (non-hydrogen) atoms. The number of amidine groups is 1. The highest BCUT2D eigenvalue weighted by atomic mass is 16.2. The van der Waals surface area contributed by atoms with Gasteiger partial charge in [0, 0.05) is 29.8 Å². The van der Waals surface area contributed by atoms with Crippen LogP contribution in [0.1, 0.15) is 88.6 Å². The molecule has 1 saturated carbocycles. The first kappa shape index (κ1) is 7.11. The number of aliphatic imine (C=N–C) groups is 1. The summed E-state index contributed by atoms with van der Waals surface area (Å²) in [6.45, 7) is -7.91. The molecule has 1 aliphatic heterocycles. The standard InChI is InChI=1S/C26H29N5O/c1-2-3-10-24-28-26(15-6-7-16-26)25(32)31(24)18-19-11-13-20(14-12-19)21-8-4-5-9-22(21)23-17-27-30-29-23/h4-5,8-9,11-14,17H,2-3,6-7,10,15-16,18H2,1H3,(H,27,29,30)/i1D3,2D2,3D2,4D,5D,8D,9D,10D2,11D,12D,13D,14D,15D2,16D2,18D2. The van der Waals surface area contributed by atoms with Crippen molar-refractivity contribution in [3.05, 3.63) is 60.1 Å². The van der Waals surface area contributed by atoms with Gasteiger partial charge in [-0.05, 0) is 35.8 Å². The number of carbonyl (C=O) groups is 1. The van der Waals surface area contributed by atoms with Gasteiger partial charge in [0.05, 0.1) is 26.4 Å². The van der Waals surface area contributed by atoms with E-state index in [1.165, 1.54) is 0 Å². The predicted octanol–water partition coefficient (Wildman–Crippen LogP) is 5.38. The Morgan fingerprint density at radius 1 is 1.19 bits per heavy atom. The Kier molecular flexibility index (Phi) is 1.93. The lowest BCUT2D eigenvalue weighted by Gasteiger charge is -2.23. The van der Waals surface area contributed by atoms with E-state index in [1.54, 1.807) is 0 Å². The average Bonchev–Trinajstić information content (AvgIpc) is 3.75. The zero-order valence-corrected chi connectivity index (χ0v) is 16.2. The van der Waals surface area contributed by atoms with Crippen LogP contribution in [0.25, 0.3) is 22.4 Å². The fourth-order valence-corrected chi connectivity index (χ4v) is 3.19. The van der Waals surface area contributed by atoms with E-state index in [0.29, 0.717) is 0 Å². The molecule has 2 heterocycles. The number of hydrogen-bond donors (Lipinski definition) is 1. The maximum Gasteiger partial charge on any atom is 0.256 e. The summed E-state index contributed by atoms with van der Waals surface area (Å²) in [6, 6.07) is -8.43. The summed E-state index contributed by atoms with van der Waals surface area (Å²) in [6.07, 6.45) is -19.4. The molecular formula is C26H29N5O. The average molecular weight is 451 g/mol. The van der Waals surface area contributed by atoms with Crippen molar-refractivity contribution in [3.63, 3.8) is 0 Å². The van der Waals surface area contributed by atoms with Gasteiger partial charge < -0.3 is 0 Å². The molecule has 0 saturated heterocycles. The molecule has 0 bridgehead atoms. The molecular weight excluding hydrogens is 398 g/mol. The van der Waals surface area contributed by atoms with E-state index < -0.39 is 151 Å². The van der Waals surface area contributed by atoms with Gasteiger partial charge in [-0.1, -0.05) is 74.4 Å². The fourth-order valence-electron chi connectivity index (χ4n) is 3.19. The molecule has 164 valence electrons. The molecule has 1 aromatic heterocycles. The molecule has 1 aliphatic carbocycles. The number of carbonyl (C=O) groups excluding carboxylic acids is 1. The maximum atomic E-state index is 14.5. The summed E-state index contributed by atoms with van der Waals surface area (Å²) >= 11 is 0. The Bertz CT molecular complexity index is 2100. The van der Waals surface area contributed by atoms with Gasteiger partial charge in [0.2, 0.25) is 0 Å². The Hall–Kier alpha value is -3.28. The molecule has 0 atom stereocenters. The van der Waals surface area contributed by atoms with Gasteiger partial charge in [-0.2, -0.15) is 15.4 Å². The molecule has 3 aromatic rings. The Labute approximate surface area is 221 Å². The highest BCUT2D eigenvalue weighted by Gasteiger charge is 2.49. The van der Waals surface area contributed by atoms with Crippen molar-refractivity contribution in [3.8, 4) is 22.4 Å². The number of amides is 1. The van der Waals surface area contributed by atoms with Crippen molar-refractivity contribution in [1.29, 1.82) is 0 Å². The second-order valence-corrected chi connectivity index (χ2v) is 6.48. The van der Waals surface area contributed by atoms with Crippen LogP contribution in [0.5, 0.6) is 0 Å². The number of aromatic amines is 1. The number of H-pyrrole nitrogens is 1. The van der Waals surface area contributed by atoms with Crippen LogP contribution in [-0.2, 0) is 11.3 Å². The molecule has 1 N–H and O–H groups in total. The summed E-state index contributed by atoms with van der Waals surface area (Å²) in [7, 11) is 0. The molecule has 6 heteroatoms. The lowest BCUT2D eigenvalue weighted by Crippen LogP contribution is -2.40. The SMILES string of the molecule is [2H]c1c([2H])c([2H])c(-c2c([2H])c([2H])c(C([2H])([2H])N3C(=O)C4(N=C3C([2H])([2H])C([2H])([2H])C([2H])([2H])C([2H])([2H])[2H])C([2H])([2H])CCC4([2H])[2H])c([2H])c2[2H])c(-c2cn[nH]n2)c1[2H]. The Morgan fingerprint density at radius 2 is 1.97 bits per heavy atom. The van der Waals surface area contributed by atoms with Crippen LogP contribution in [0, 0.1) is 0 Å². The van der Waals surface area contributed by atoms with Gasteiger partial charge >= 0.3 is 0 Å². The van der Waals surface area contributed by atoms with Crippen molar-refractivity contribution in [1.82, 2.24) is 20.3 Å². The fraction of sp³-hybridized carbons (Fsp3) is 0.385. The van der Waals surface area contributed by atoms with E-state index in [1.807, 2.05) is 0 Å². The lowest BCUT2D eigenvalue weighted by molar-refractivity contribution is -0.131. The van der Waals surface area contributed by atoms with Crippen molar-refractivity contribution in [2.24, 2.45) is 4.99 Å². The van der Waals surface area contributed by atoms with Crippen molar-refractivity contribution in [2.45, 2.75) is 63.6 Å². The third kappa shape index (κ3) is 3.74. The van der Waals surface area contributed by atoms with Crippen LogP contribution < -0.4 is 0 Å². The number of rotatable bonds is 7. The summed E-state index contributed by atoms with van der Waals surface area (Å²) in [5.74, 6) is -3.87. The van der Waals surface area contributed by atoms with E-state index >= 15 is 0 Å². The van der Waals surface area contributed by atoms with Crippen LogP contribution in [0.2, 0.25) is 0 Å². The van der Waals surface area contributed by atoms with Gasteiger partial charge in [0.15, 0.2) is 0 Å². The molecule has 1 fully saturated rings. The van der Waals surface area contributed by atoms with Crippen LogP contribution in [0.15, 0.2) is 59.5 Å². The predicted molar refractivity (Wildman–Crippen MR) is 126 cm³/mol. The second kappa shape index (κ2) is 8.69. The molecule has 2 aromatic carbocycles. The summed E-state index contributed by atoms with van der Waals surface area (Å²) in [5, 5.41) is 9.63. The van der Waals surface area contributed by atoms with Crippen LogP contribution in [-0.4, -0.2) is 37.6 Å². The second-order valence-electron chi connectivity index (χ2n) is 6.48. The number of aromatic nitrogens is 3. The topological polar surface area (TPSA) is 74.2 Å². The third-order valence-electron chi connectivity index (χ3n) is 4.58. The highest BCUT2D eigenvalue weighted by molar-refractivity contribution is 6.08. The van der Waals surface area contributed by atoms with Gasteiger partial charge in [0.1, 0.15) is 17.1 Å². The number of nitrogens with zero attached hydrogens (tertiary/aromatic N) is 4. The highest BCUT2D eigenvalue weighted by Crippen LogP contribution is 2.40. The summed E-state index contributed by atoms with van der Waals surface area (Å²) in [5.41, 5.74) is -7.02. The van der Waals surface area contributed by atoms with Crippen molar-refractivity contribution in [2.75, 3.05) is 0 Å². The molecule has 1 amide bonds. The zero-order chi connectivity index (χ0) is 42.2. The van der Waals surface area contributed by atoms with Crippen molar-refractivity contribution < 1.29 is 36.3 Å². The first-order valence-electron chi connectivity index (χ1n) is 20.7. The largest absolute Gasteiger partial charge is 0.294 e. The number of hydrogen-bond acceptors (Lipinski definition) is 4. The Balaban J connectivity index is 1.86. The van der Waals surface area contributed by atoms with Crippen LogP contribution in [0.4, 0.5) is 0 Å². The zero-order valence-electron chi connectivity index (χ0n) is 39.2. The maximum absolute atomic E-state index is 14.5. The monoisotopic (exact) mass is 450 g/mol. The van der Waals surface area contributed by atoms with Gasteiger partial charge in [0.25, 0.3) is 5.91 Å². The number of nitrogens with one attached hydrogen (secondary N) is 1. The first-order chi connectivity index (χ1) is 24.7. The summed E-state index contributed by atoms with van der Waals surface area (Å²) < 4.78 is 195. The minimum Gasteiger partial charge on any atom is -0.294 e. The smallest absolute Gasteiger partial charge is 0.256 e. The summed E-state index contributed by atoms with van der Waals surface area (Å²) in [4.78, 5) is 17.8.